The van der Waals surface area contributed by atoms with E-state index in [0.717, 1.165) is 5.56 Å². The largest absolute Gasteiger partial charge is 0.339 e. The first kappa shape index (κ1) is 9.64. The first-order chi connectivity index (χ1) is 6.66. The van der Waals surface area contributed by atoms with Gasteiger partial charge in [0.2, 0.25) is 11.7 Å². The predicted octanol–water partition coefficient (Wildman–Crippen LogP) is 2.96. The molecule has 0 radical (unpaired) electrons. The fraction of sp³-hybridized carbons (Fsp3) is 0.200. The Labute approximate surface area is 95.7 Å². The molecule has 0 aliphatic rings. The summed E-state index contributed by atoms with van der Waals surface area (Å²) in [5.74, 6) is 1.25. The summed E-state index contributed by atoms with van der Waals surface area (Å²) in [5, 5.41) is 3.87. The molecule has 1 heterocycles. The first-order valence-electron chi connectivity index (χ1n) is 4.23. The Hall–Kier alpha value is -0.910. The van der Waals surface area contributed by atoms with Gasteiger partial charge in [0.15, 0.2) is 0 Å². The smallest absolute Gasteiger partial charge is 0.223 e. The van der Waals surface area contributed by atoms with Gasteiger partial charge < -0.3 is 4.52 Å². The van der Waals surface area contributed by atoms with E-state index in [9.17, 15) is 0 Å². The second-order valence-electron chi connectivity index (χ2n) is 3.10. The number of halogens is 1. The Morgan fingerprint density at radius 2 is 2.07 bits per heavy atom. The van der Waals surface area contributed by atoms with Gasteiger partial charge in [-0.3, -0.25) is 0 Å². The highest BCUT2D eigenvalue weighted by Crippen LogP contribution is 2.20. The summed E-state index contributed by atoms with van der Waals surface area (Å²) < 4.78 is 6.14. The van der Waals surface area contributed by atoms with Gasteiger partial charge in [0, 0.05) is 16.1 Å². The molecule has 72 valence electrons. The lowest BCUT2D eigenvalue weighted by Crippen LogP contribution is -1.84. The van der Waals surface area contributed by atoms with Crippen molar-refractivity contribution in [1.29, 1.82) is 0 Å². The zero-order valence-corrected chi connectivity index (χ0v) is 10.1. The van der Waals surface area contributed by atoms with Crippen LogP contribution in [-0.2, 0) is 0 Å². The number of hydrogen-bond donors (Lipinski definition) is 0. The molecule has 0 fully saturated rings. The normalized spacial score (nSPS) is 10.5. The highest BCUT2D eigenvalue weighted by molar-refractivity contribution is 14.1. The maximum atomic E-state index is 4.93. The highest BCUT2D eigenvalue weighted by Gasteiger charge is 2.06. The van der Waals surface area contributed by atoms with Gasteiger partial charge in [0.05, 0.1) is 0 Å². The minimum atomic E-state index is 0.593. The Morgan fingerprint density at radius 1 is 1.29 bits per heavy atom. The molecule has 0 unspecified atom stereocenters. The summed E-state index contributed by atoms with van der Waals surface area (Å²) in [5.41, 5.74) is 2.26. The SMILES string of the molecule is Cc1nc(-c2ccc(C)c(I)c2)no1. The number of nitrogens with zero attached hydrogens (tertiary/aromatic N) is 2. The van der Waals surface area contributed by atoms with Crippen molar-refractivity contribution in [3.05, 3.63) is 33.2 Å². The minimum Gasteiger partial charge on any atom is -0.339 e. The van der Waals surface area contributed by atoms with Crippen LogP contribution in [0.2, 0.25) is 0 Å². The Morgan fingerprint density at radius 3 is 2.64 bits per heavy atom. The summed E-state index contributed by atoms with van der Waals surface area (Å²) in [6, 6.07) is 6.12. The van der Waals surface area contributed by atoms with Gasteiger partial charge in [-0.05, 0) is 41.1 Å². The van der Waals surface area contributed by atoms with E-state index >= 15 is 0 Å². The van der Waals surface area contributed by atoms with Gasteiger partial charge in [-0.25, -0.2) is 0 Å². The molecule has 0 aliphatic heterocycles. The van der Waals surface area contributed by atoms with Crippen molar-refractivity contribution in [2.45, 2.75) is 13.8 Å². The molecule has 4 heteroatoms. The van der Waals surface area contributed by atoms with Gasteiger partial charge in [0.25, 0.3) is 0 Å². The quantitative estimate of drug-likeness (QED) is 0.760. The summed E-state index contributed by atoms with van der Waals surface area (Å²) in [4.78, 5) is 4.17. The Kier molecular flexibility index (Phi) is 2.54. The molecular formula is C10H9IN2O. The van der Waals surface area contributed by atoms with Crippen LogP contribution in [0.5, 0.6) is 0 Å². The molecular weight excluding hydrogens is 291 g/mol. The zero-order chi connectivity index (χ0) is 10.1. The van der Waals surface area contributed by atoms with Crippen molar-refractivity contribution in [2.75, 3.05) is 0 Å². The number of aryl methyl sites for hydroxylation is 2. The fourth-order valence-corrected chi connectivity index (χ4v) is 1.66. The molecule has 0 amide bonds. The Balaban J connectivity index is 2.47. The van der Waals surface area contributed by atoms with Crippen LogP contribution in [0.3, 0.4) is 0 Å². The maximum absolute atomic E-state index is 4.93. The molecule has 14 heavy (non-hydrogen) atoms. The topological polar surface area (TPSA) is 38.9 Å². The van der Waals surface area contributed by atoms with Crippen molar-refractivity contribution in [3.8, 4) is 11.4 Å². The second-order valence-corrected chi connectivity index (χ2v) is 4.26. The highest BCUT2D eigenvalue weighted by atomic mass is 127. The van der Waals surface area contributed by atoms with Crippen LogP contribution in [0.15, 0.2) is 22.7 Å². The molecule has 1 aromatic carbocycles. The van der Waals surface area contributed by atoms with Crippen LogP contribution in [0.4, 0.5) is 0 Å². The van der Waals surface area contributed by atoms with E-state index in [2.05, 4.69) is 51.8 Å². The van der Waals surface area contributed by atoms with Crippen LogP contribution in [0.1, 0.15) is 11.5 Å². The number of benzene rings is 1. The number of aromatic nitrogens is 2. The molecule has 0 saturated heterocycles. The number of hydrogen-bond acceptors (Lipinski definition) is 3. The lowest BCUT2D eigenvalue weighted by atomic mass is 10.1. The molecule has 0 N–H and O–H groups in total. The average molecular weight is 300 g/mol. The fourth-order valence-electron chi connectivity index (χ4n) is 1.15. The van der Waals surface area contributed by atoms with Gasteiger partial charge in [-0.15, -0.1) is 0 Å². The van der Waals surface area contributed by atoms with E-state index in [1.165, 1.54) is 9.13 Å². The molecule has 3 nitrogen and oxygen atoms in total. The van der Waals surface area contributed by atoms with Gasteiger partial charge in [-0.1, -0.05) is 17.3 Å². The van der Waals surface area contributed by atoms with Crippen LogP contribution >= 0.6 is 22.6 Å². The predicted molar refractivity (Wildman–Crippen MR) is 61.9 cm³/mol. The third-order valence-electron chi connectivity index (χ3n) is 1.96. The molecule has 0 spiro atoms. The van der Waals surface area contributed by atoms with E-state index in [1.807, 2.05) is 6.07 Å². The second kappa shape index (κ2) is 3.68. The summed E-state index contributed by atoms with van der Waals surface area (Å²) in [7, 11) is 0. The van der Waals surface area contributed by atoms with E-state index in [0.29, 0.717) is 11.7 Å². The van der Waals surface area contributed by atoms with Crippen LogP contribution < -0.4 is 0 Å². The third kappa shape index (κ3) is 1.79. The molecule has 2 aromatic rings. The van der Waals surface area contributed by atoms with Crippen molar-refractivity contribution in [2.24, 2.45) is 0 Å². The zero-order valence-electron chi connectivity index (χ0n) is 7.91. The third-order valence-corrected chi connectivity index (χ3v) is 3.12. The lowest BCUT2D eigenvalue weighted by Gasteiger charge is -1.99. The monoisotopic (exact) mass is 300 g/mol. The van der Waals surface area contributed by atoms with Gasteiger partial charge in [0.1, 0.15) is 0 Å². The van der Waals surface area contributed by atoms with Crippen LogP contribution in [0, 0.1) is 17.4 Å². The molecule has 1 aromatic heterocycles. The van der Waals surface area contributed by atoms with E-state index in [-0.39, 0.29) is 0 Å². The molecule has 0 saturated carbocycles. The van der Waals surface area contributed by atoms with Crippen molar-refractivity contribution in [3.63, 3.8) is 0 Å². The lowest BCUT2D eigenvalue weighted by molar-refractivity contribution is 0.394. The van der Waals surface area contributed by atoms with E-state index in [4.69, 9.17) is 4.52 Å². The number of rotatable bonds is 1. The van der Waals surface area contributed by atoms with Crippen LogP contribution in [-0.4, -0.2) is 10.1 Å². The Bertz CT molecular complexity index is 465. The van der Waals surface area contributed by atoms with Gasteiger partial charge in [-0.2, -0.15) is 4.98 Å². The molecule has 2 rings (SSSR count). The summed E-state index contributed by atoms with van der Waals surface area (Å²) in [6.07, 6.45) is 0. The molecule has 0 bridgehead atoms. The van der Waals surface area contributed by atoms with Crippen LogP contribution in [0.25, 0.3) is 11.4 Å². The summed E-state index contributed by atoms with van der Waals surface area (Å²) >= 11 is 2.30. The van der Waals surface area contributed by atoms with Crippen molar-refractivity contribution >= 4 is 22.6 Å². The van der Waals surface area contributed by atoms with Crippen molar-refractivity contribution in [1.82, 2.24) is 10.1 Å². The molecule has 0 atom stereocenters. The van der Waals surface area contributed by atoms with E-state index < -0.39 is 0 Å². The molecule has 0 aliphatic carbocycles. The van der Waals surface area contributed by atoms with Gasteiger partial charge >= 0.3 is 0 Å². The van der Waals surface area contributed by atoms with Crippen molar-refractivity contribution < 1.29 is 4.52 Å². The summed E-state index contributed by atoms with van der Waals surface area (Å²) in [6.45, 7) is 3.86. The maximum Gasteiger partial charge on any atom is 0.223 e. The minimum absolute atomic E-state index is 0.593. The standard InChI is InChI=1S/C10H9IN2O/c1-6-3-4-8(5-9(6)11)10-12-7(2)14-13-10/h3-5H,1-2H3. The van der Waals surface area contributed by atoms with E-state index in [1.54, 1.807) is 6.92 Å². The first-order valence-corrected chi connectivity index (χ1v) is 5.31. The average Bonchev–Trinajstić information content (AvgIpc) is 2.57.